The Bertz CT molecular complexity index is 398. The highest BCUT2D eigenvalue weighted by atomic mass is 35.6. The van der Waals surface area contributed by atoms with E-state index in [4.69, 9.17) is 44.7 Å². The van der Waals surface area contributed by atoms with Gasteiger partial charge in [-0.05, 0) is 6.92 Å². The number of carboxylic acids is 1. The summed E-state index contributed by atoms with van der Waals surface area (Å²) in [5.41, 5.74) is -0.589. The Balaban J connectivity index is 0. The summed E-state index contributed by atoms with van der Waals surface area (Å²) in [6, 6.07) is 0. The third-order valence-corrected chi connectivity index (χ3v) is 1.82. The van der Waals surface area contributed by atoms with Gasteiger partial charge in [-0.3, -0.25) is 9.59 Å². The number of hydrogen-bond donors (Lipinski definition) is 3. The van der Waals surface area contributed by atoms with E-state index in [1.54, 1.807) is 6.92 Å². The average molecular weight is 351 g/mol. The number of carbonyl (C=O) groups is 3. The van der Waals surface area contributed by atoms with E-state index in [-0.39, 0.29) is 6.61 Å². The highest BCUT2D eigenvalue weighted by Crippen LogP contribution is 2.34. The zero-order valence-electron chi connectivity index (χ0n) is 10.9. The van der Waals surface area contributed by atoms with E-state index in [0.717, 1.165) is 13.8 Å². The fourth-order valence-corrected chi connectivity index (χ4v) is 1.01. The van der Waals surface area contributed by atoms with Crippen molar-refractivity contribution in [3.05, 3.63) is 11.5 Å². The second kappa shape index (κ2) is 9.68. The Kier molecular flexibility index (Phi) is 10.2. The maximum absolute atomic E-state index is 11.3. The van der Waals surface area contributed by atoms with Gasteiger partial charge in [-0.1, -0.05) is 34.8 Å². The standard InChI is InChI=1S/C8H10Cl3NO4.C2H4O2/c1-3-16-7(15)5(12-4(2)13)6(14)8(9,10)11;1-2(3)4/h14H,3H2,1-2H3,(H,12,13);1H3,(H,3,4)/b6-5+;. The summed E-state index contributed by atoms with van der Waals surface area (Å²) in [4.78, 5) is 31.1. The van der Waals surface area contributed by atoms with E-state index >= 15 is 0 Å². The second-order valence-corrected chi connectivity index (χ2v) is 5.42. The van der Waals surface area contributed by atoms with Crippen LogP contribution in [0.1, 0.15) is 20.8 Å². The van der Waals surface area contributed by atoms with Gasteiger partial charge in [-0.15, -0.1) is 0 Å². The number of rotatable bonds is 3. The molecule has 0 aromatic carbocycles. The van der Waals surface area contributed by atoms with E-state index in [2.05, 4.69) is 4.74 Å². The van der Waals surface area contributed by atoms with Gasteiger partial charge in [0.2, 0.25) is 9.70 Å². The van der Waals surface area contributed by atoms with Crippen molar-refractivity contribution in [1.29, 1.82) is 0 Å². The van der Waals surface area contributed by atoms with Crippen molar-refractivity contribution in [3.8, 4) is 0 Å². The predicted octanol–water partition coefficient (Wildman–Crippen LogP) is 1.92. The molecule has 0 unspecified atom stereocenters. The molecule has 0 bridgehead atoms. The molecular formula is C10H14Cl3NO6. The third kappa shape index (κ3) is 10.7. The molecule has 0 heterocycles. The number of hydrogen-bond acceptors (Lipinski definition) is 5. The highest BCUT2D eigenvalue weighted by Gasteiger charge is 2.33. The molecule has 10 heteroatoms. The number of allylic oxidation sites excluding steroid dienone is 1. The van der Waals surface area contributed by atoms with Crippen molar-refractivity contribution in [2.75, 3.05) is 6.61 Å². The third-order valence-electron chi connectivity index (χ3n) is 1.29. The number of alkyl halides is 3. The van der Waals surface area contributed by atoms with E-state index < -0.39 is 33.1 Å². The van der Waals surface area contributed by atoms with Crippen molar-refractivity contribution < 1.29 is 29.3 Å². The minimum Gasteiger partial charge on any atom is -0.506 e. The molecule has 0 aliphatic rings. The Morgan fingerprint density at radius 3 is 1.80 bits per heavy atom. The number of carboxylic acid groups (broad SMARTS) is 1. The van der Waals surface area contributed by atoms with Gasteiger partial charge in [0.15, 0.2) is 11.5 Å². The van der Waals surface area contributed by atoms with Crippen LogP contribution in [0.4, 0.5) is 0 Å². The quantitative estimate of drug-likeness (QED) is 0.310. The Hall–Kier alpha value is -1.18. The van der Waals surface area contributed by atoms with Crippen molar-refractivity contribution in [1.82, 2.24) is 5.32 Å². The first-order valence-electron chi connectivity index (χ1n) is 5.08. The van der Waals surface area contributed by atoms with E-state index in [9.17, 15) is 14.7 Å². The molecule has 3 N–H and O–H groups in total. The highest BCUT2D eigenvalue weighted by molar-refractivity contribution is 6.69. The number of halogens is 3. The van der Waals surface area contributed by atoms with Crippen LogP contribution in [0.5, 0.6) is 0 Å². The minimum atomic E-state index is -2.22. The van der Waals surface area contributed by atoms with Crippen molar-refractivity contribution in [2.45, 2.75) is 24.6 Å². The Morgan fingerprint density at radius 1 is 1.15 bits per heavy atom. The predicted molar refractivity (Wildman–Crippen MR) is 73.7 cm³/mol. The van der Waals surface area contributed by atoms with Crippen molar-refractivity contribution in [2.24, 2.45) is 0 Å². The number of ether oxygens (including phenoxy) is 1. The molecule has 0 aromatic heterocycles. The molecule has 0 rings (SSSR count). The number of aliphatic hydroxyl groups is 1. The van der Waals surface area contributed by atoms with Crippen LogP contribution < -0.4 is 5.32 Å². The molecule has 0 spiro atoms. The van der Waals surface area contributed by atoms with Gasteiger partial charge < -0.3 is 20.3 Å². The lowest BCUT2D eigenvalue weighted by Gasteiger charge is -2.15. The SMILES string of the molecule is CC(=O)O.CCOC(=O)/C(NC(C)=O)=C(\O)C(Cl)(Cl)Cl. The molecule has 20 heavy (non-hydrogen) atoms. The van der Waals surface area contributed by atoms with Crippen molar-refractivity contribution in [3.63, 3.8) is 0 Å². The van der Waals surface area contributed by atoms with Crippen LogP contribution in [0.3, 0.4) is 0 Å². The summed E-state index contributed by atoms with van der Waals surface area (Å²) < 4.78 is 2.36. The first-order valence-corrected chi connectivity index (χ1v) is 6.21. The second-order valence-electron chi connectivity index (χ2n) is 3.14. The lowest BCUT2D eigenvalue weighted by molar-refractivity contribution is -0.140. The maximum Gasteiger partial charge on any atom is 0.358 e. The van der Waals surface area contributed by atoms with Crippen LogP contribution in [0, 0.1) is 0 Å². The lowest BCUT2D eigenvalue weighted by atomic mass is 10.3. The molecule has 0 saturated heterocycles. The maximum atomic E-state index is 11.3. The molecule has 0 aliphatic carbocycles. The van der Waals surface area contributed by atoms with Gasteiger partial charge >= 0.3 is 5.97 Å². The average Bonchev–Trinajstić information content (AvgIpc) is 2.22. The molecule has 0 aliphatic heterocycles. The van der Waals surface area contributed by atoms with E-state index in [1.165, 1.54) is 0 Å². The van der Waals surface area contributed by atoms with Gasteiger partial charge in [0, 0.05) is 13.8 Å². The summed E-state index contributed by atoms with van der Waals surface area (Å²) >= 11 is 16.1. The monoisotopic (exact) mass is 349 g/mol. The first-order chi connectivity index (χ1) is 8.93. The smallest absolute Gasteiger partial charge is 0.358 e. The normalized spacial score (nSPS) is 11.5. The van der Waals surface area contributed by atoms with Gasteiger partial charge in [0.1, 0.15) is 0 Å². The molecular weight excluding hydrogens is 336 g/mol. The Labute approximate surface area is 130 Å². The lowest BCUT2D eigenvalue weighted by Crippen LogP contribution is -2.30. The van der Waals surface area contributed by atoms with E-state index in [1.807, 2.05) is 5.32 Å². The van der Waals surface area contributed by atoms with Crippen LogP contribution in [0.2, 0.25) is 0 Å². The molecule has 1 amide bonds. The van der Waals surface area contributed by atoms with Gasteiger partial charge in [-0.2, -0.15) is 0 Å². The summed E-state index contributed by atoms with van der Waals surface area (Å²) in [7, 11) is 0. The number of aliphatic carboxylic acids is 1. The topological polar surface area (TPSA) is 113 Å². The van der Waals surface area contributed by atoms with Gasteiger partial charge in [0.05, 0.1) is 6.61 Å². The first kappa shape index (κ1) is 21.1. The van der Waals surface area contributed by atoms with Crippen LogP contribution in [-0.4, -0.2) is 38.5 Å². The summed E-state index contributed by atoms with van der Waals surface area (Å²) in [5, 5.41) is 18.9. The summed E-state index contributed by atoms with van der Waals surface area (Å²) in [5.74, 6) is -3.32. The zero-order chi connectivity index (χ0) is 16.5. The zero-order valence-corrected chi connectivity index (χ0v) is 13.1. The molecule has 0 atom stereocenters. The molecule has 0 radical (unpaired) electrons. The van der Waals surface area contributed by atoms with Gasteiger partial charge in [-0.25, -0.2) is 4.79 Å². The number of amides is 1. The summed E-state index contributed by atoms with van der Waals surface area (Å²) in [6.07, 6.45) is 0. The fraction of sp³-hybridized carbons (Fsp3) is 0.500. The molecule has 7 nitrogen and oxygen atoms in total. The molecule has 0 saturated carbocycles. The van der Waals surface area contributed by atoms with Crippen LogP contribution in [-0.2, 0) is 19.1 Å². The minimum absolute atomic E-state index is 0.0507. The largest absolute Gasteiger partial charge is 0.506 e. The fourth-order valence-electron chi connectivity index (χ4n) is 0.728. The van der Waals surface area contributed by atoms with Crippen LogP contribution in [0.15, 0.2) is 11.5 Å². The number of nitrogens with one attached hydrogen (secondary N) is 1. The van der Waals surface area contributed by atoms with E-state index in [0.29, 0.717) is 0 Å². The number of carbonyl (C=O) groups excluding carboxylic acids is 2. The number of aliphatic hydroxyl groups excluding tert-OH is 1. The molecule has 0 fully saturated rings. The van der Waals surface area contributed by atoms with Crippen LogP contribution >= 0.6 is 34.8 Å². The van der Waals surface area contributed by atoms with Crippen molar-refractivity contribution >= 4 is 52.6 Å². The van der Waals surface area contributed by atoms with Crippen LogP contribution in [0.25, 0.3) is 0 Å². The molecule has 116 valence electrons. The molecule has 0 aromatic rings. The van der Waals surface area contributed by atoms with Gasteiger partial charge in [0.25, 0.3) is 5.97 Å². The summed E-state index contributed by atoms with van der Waals surface area (Å²) in [6.45, 7) is 3.82. The Morgan fingerprint density at radius 2 is 1.55 bits per heavy atom. The number of esters is 1.